The van der Waals surface area contributed by atoms with Gasteiger partial charge in [-0.15, -0.1) is 0 Å². The second kappa shape index (κ2) is 6.39. The van der Waals surface area contributed by atoms with Crippen molar-refractivity contribution in [3.05, 3.63) is 0 Å². The van der Waals surface area contributed by atoms with Gasteiger partial charge >= 0.3 is 15.2 Å². The van der Waals surface area contributed by atoms with E-state index < -0.39 is 20.1 Å². The number of thiol groups is 1. The van der Waals surface area contributed by atoms with Crippen LogP contribution in [0.1, 0.15) is 26.2 Å². The molecule has 0 spiro atoms. The smallest absolute Gasteiger partial charge is 0.323 e. The van der Waals surface area contributed by atoms with Gasteiger partial charge in [-0.3, -0.25) is 9.13 Å². The average Bonchev–Trinajstić information content (AvgIpc) is 2.27. The highest BCUT2D eigenvalue weighted by atomic mass is 32.1. The number of rotatable bonds is 6. The Kier molecular flexibility index (Phi) is 5.96. The van der Waals surface area contributed by atoms with Crippen LogP contribution in [0.4, 0.5) is 0 Å². The number of hydrogen-bond acceptors (Lipinski definition) is 3. The van der Waals surface area contributed by atoms with Gasteiger partial charge in [0.15, 0.2) is 0 Å². The van der Waals surface area contributed by atoms with Crippen LogP contribution in [0.2, 0.25) is 0 Å². The summed E-state index contributed by atoms with van der Waals surface area (Å²) in [5.74, 6) is 0.512. The quantitative estimate of drug-likeness (QED) is 0.278. The molecule has 1 heterocycles. The molecule has 1 rings (SSSR count). The van der Waals surface area contributed by atoms with Crippen LogP contribution in [0.5, 0.6) is 0 Å². The van der Waals surface area contributed by atoms with Gasteiger partial charge in [-0.05, 0) is 26.2 Å². The molecule has 4 N–H and O–H groups in total. The summed E-state index contributed by atoms with van der Waals surface area (Å²) in [6, 6.07) is 0. The van der Waals surface area contributed by atoms with Crippen LogP contribution in [0.3, 0.4) is 0 Å². The molecule has 1 fully saturated rings. The molecule has 0 aromatic rings. The molecule has 1 aliphatic rings. The Morgan fingerprint density at radius 3 is 1.85 bits per heavy atom. The summed E-state index contributed by atoms with van der Waals surface area (Å²) >= 11 is 4.18. The summed E-state index contributed by atoms with van der Waals surface area (Å²) in [5.41, 5.74) is 0. The van der Waals surface area contributed by atoms with E-state index in [2.05, 4.69) is 12.6 Å². The minimum Gasteiger partial charge on any atom is -0.323 e. The fraction of sp³-hybridized carbons (Fsp3) is 1.00. The number of hydrogen-bond donors (Lipinski definition) is 5. The minimum atomic E-state index is -4.95. The maximum Gasteiger partial charge on any atom is 0.349 e. The van der Waals surface area contributed by atoms with E-state index in [4.69, 9.17) is 0 Å². The van der Waals surface area contributed by atoms with E-state index in [-0.39, 0.29) is 6.54 Å². The van der Waals surface area contributed by atoms with Crippen molar-refractivity contribution in [1.29, 1.82) is 0 Å². The summed E-state index contributed by atoms with van der Waals surface area (Å²) in [5, 5.41) is 0. The molecule has 10 heteroatoms. The number of piperidine rings is 1. The first kappa shape index (κ1) is 18.7. The van der Waals surface area contributed by atoms with Crippen molar-refractivity contribution >= 4 is 27.8 Å². The zero-order chi connectivity index (χ0) is 15.7. The fourth-order valence-corrected chi connectivity index (χ4v) is 5.60. The zero-order valence-electron chi connectivity index (χ0n) is 11.6. The van der Waals surface area contributed by atoms with Crippen molar-refractivity contribution in [1.82, 2.24) is 0 Å². The van der Waals surface area contributed by atoms with E-state index in [1.807, 2.05) is 0 Å². The summed E-state index contributed by atoms with van der Waals surface area (Å²) < 4.78 is 23.7. The highest BCUT2D eigenvalue weighted by Gasteiger charge is 2.61. The summed E-state index contributed by atoms with van der Waals surface area (Å²) in [6.45, 7) is 2.69. The Bertz CT molecular complexity index is 400. The van der Waals surface area contributed by atoms with Gasteiger partial charge in [-0.25, -0.2) is 0 Å². The first-order valence-corrected chi connectivity index (χ1v) is 10.4. The van der Waals surface area contributed by atoms with Gasteiger partial charge in [0.2, 0.25) is 4.90 Å². The lowest BCUT2D eigenvalue weighted by molar-refractivity contribution is -0.930. The topological polar surface area (TPSA) is 115 Å². The first-order valence-electron chi connectivity index (χ1n) is 6.55. The number of quaternary nitrogens is 1. The van der Waals surface area contributed by atoms with E-state index in [1.54, 1.807) is 0 Å². The molecule has 0 radical (unpaired) electrons. The predicted molar refractivity (Wildman–Crippen MR) is 79.9 cm³/mol. The number of nitrogens with zero attached hydrogens (tertiary/aromatic N) is 1. The normalized spacial score (nSPS) is 20.9. The highest BCUT2D eigenvalue weighted by Crippen LogP contribution is 2.69. The van der Waals surface area contributed by atoms with Crippen LogP contribution < -0.4 is 0 Å². The van der Waals surface area contributed by atoms with Crippen LogP contribution >= 0.6 is 27.8 Å². The molecule has 0 saturated carbocycles. The third-order valence-electron chi connectivity index (χ3n) is 4.23. The molecule has 20 heavy (non-hydrogen) atoms. The maximum absolute atomic E-state index is 11.7. The molecule has 0 amide bonds. The Balaban J connectivity index is 3.16. The molecule has 1 saturated heterocycles. The first-order chi connectivity index (χ1) is 8.97. The Morgan fingerprint density at radius 2 is 1.50 bits per heavy atom. The van der Waals surface area contributed by atoms with Crippen molar-refractivity contribution in [3.63, 3.8) is 0 Å². The van der Waals surface area contributed by atoms with Crippen molar-refractivity contribution < 1.29 is 33.2 Å². The molecule has 0 atom stereocenters. The molecule has 0 aliphatic carbocycles. The summed E-state index contributed by atoms with van der Waals surface area (Å²) in [4.78, 5) is 35.6. The van der Waals surface area contributed by atoms with E-state index in [0.29, 0.717) is 29.9 Å². The molecule has 7 nitrogen and oxygen atoms in total. The highest BCUT2D eigenvalue weighted by molar-refractivity contribution is 7.80. The summed E-state index contributed by atoms with van der Waals surface area (Å²) in [6.07, 6.45) is 2.83. The molecule has 0 aromatic carbocycles. The van der Waals surface area contributed by atoms with Crippen molar-refractivity contribution in [2.45, 2.75) is 31.1 Å². The Hall–Kier alpha value is 0.610. The van der Waals surface area contributed by atoms with Crippen LogP contribution in [-0.2, 0) is 9.13 Å². The molecule has 0 bridgehead atoms. The van der Waals surface area contributed by atoms with Gasteiger partial charge in [0.1, 0.15) is 6.54 Å². The lowest BCUT2D eigenvalue weighted by atomic mass is 10.1. The van der Waals surface area contributed by atoms with Crippen molar-refractivity contribution in [3.8, 4) is 0 Å². The van der Waals surface area contributed by atoms with Crippen LogP contribution in [-0.4, -0.2) is 60.9 Å². The van der Waals surface area contributed by atoms with E-state index in [1.165, 1.54) is 0 Å². The van der Waals surface area contributed by atoms with Gasteiger partial charge in [0.05, 0.1) is 19.6 Å². The van der Waals surface area contributed by atoms with Crippen LogP contribution in [0.15, 0.2) is 0 Å². The molecule has 0 aromatic heterocycles. The molecule has 1 aliphatic heterocycles. The predicted octanol–water partition coefficient (Wildman–Crippen LogP) is 0.988. The van der Waals surface area contributed by atoms with Gasteiger partial charge in [-0.1, -0.05) is 0 Å². The van der Waals surface area contributed by atoms with E-state index in [9.17, 15) is 28.7 Å². The summed E-state index contributed by atoms with van der Waals surface area (Å²) in [7, 11) is -9.89. The van der Waals surface area contributed by atoms with Crippen molar-refractivity contribution in [2.24, 2.45) is 0 Å². The second-order valence-electron chi connectivity index (χ2n) is 5.76. The fourth-order valence-electron chi connectivity index (χ4n) is 2.85. The van der Waals surface area contributed by atoms with Gasteiger partial charge in [0, 0.05) is 5.75 Å². The van der Waals surface area contributed by atoms with Gasteiger partial charge < -0.3 is 24.1 Å². The van der Waals surface area contributed by atoms with Crippen LogP contribution in [0.25, 0.3) is 0 Å². The maximum atomic E-state index is 11.7. The average molecular weight is 348 g/mol. The second-order valence-corrected chi connectivity index (χ2v) is 10.7. The largest absolute Gasteiger partial charge is 0.349 e. The zero-order valence-corrected chi connectivity index (χ0v) is 14.2. The number of likely N-dealkylation sites (tertiary alicyclic amines) is 1. The molecular formula is C10H24NO6P2S+. The van der Waals surface area contributed by atoms with Crippen molar-refractivity contribution in [2.75, 3.05) is 31.9 Å². The van der Waals surface area contributed by atoms with Crippen LogP contribution in [0, 0.1) is 0 Å². The third-order valence-corrected chi connectivity index (χ3v) is 8.79. The lowest BCUT2D eigenvalue weighted by Gasteiger charge is -2.46. The Labute approximate surface area is 124 Å². The standard InChI is InChI=1S/C10H23NO6P2S/c1-10(18(12,13)14,19(15,16)17)9-11(7-8-20)5-3-2-4-6-11/h2-9H2,1H3,(H4-,12,13,14,15,16,17,20)/p+1. The molecular weight excluding hydrogens is 324 g/mol. The SMILES string of the molecule is CC(C[N+]1(CCS)CCCCC1)(P(=O)(O)O)P(=O)(O)O. The van der Waals surface area contributed by atoms with Gasteiger partial charge in [0.25, 0.3) is 0 Å². The lowest BCUT2D eigenvalue weighted by Crippen LogP contribution is -2.58. The van der Waals surface area contributed by atoms with E-state index >= 15 is 0 Å². The minimum absolute atomic E-state index is 0.220. The molecule has 0 unspecified atom stereocenters. The van der Waals surface area contributed by atoms with E-state index in [0.717, 1.165) is 26.2 Å². The molecule has 120 valence electrons. The monoisotopic (exact) mass is 348 g/mol. The third kappa shape index (κ3) is 3.87. The van der Waals surface area contributed by atoms with Gasteiger partial charge in [-0.2, -0.15) is 12.6 Å². The Morgan fingerprint density at radius 1 is 1.05 bits per heavy atom.